The van der Waals surface area contributed by atoms with Crippen LogP contribution in [0.3, 0.4) is 0 Å². The Kier molecular flexibility index (Phi) is 4.92. The maximum atomic E-state index is 5.79. The van der Waals surface area contributed by atoms with Gasteiger partial charge in [-0.05, 0) is 32.1 Å². The predicted molar refractivity (Wildman–Crippen MR) is 65.9 cm³/mol. The highest BCUT2D eigenvalue weighted by atomic mass is 15.1. The number of nitrogens with two attached hydrogens (primary N) is 1. The highest BCUT2D eigenvalue weighted by Gasteiger charge is 2.20. The fourth-order valence-electron chi connectivity index (χ4n) is 1.59. The quantitative estimate of drug-likeness (QED) is 0.523. The molecule has 1 saturated carbocycles. The molecule has 0 aromatic rings. The van der Waals surface area contributed by atoms with Crippen LogP contribution in [0.2, 0.25) is 0 Å². The molecule has 1 unspecified atom stereocenters. The summed E-state index contributed by atoms with van der Waals surface area (Å²) in [5, 5.41) is 3.25. The van der Waals surface area contributed by atoms with Gasteiger partial charge in [0.15, 0.2) is 5.96 Å². The van der Waals surface area contributed by atoms with Gasteiger partial charge in [-0.15, -0.1) is 0 Å². The van der Waals surface area contributed by atoms with E-state index in [4.69, 9.17) is 5.73 Å². The molecule has 1 rings (SSSR count). The molecule has 0 aliphatic heterocycles. The van der Waals surface area contributed by atoms with Crippen LogP contribution in [0, 0.1) is 5.92 Å². The fourth-order valence-corrected chi connectivity index (χ4v) is 1.59. The molecule has 0 radical (unpaired) electrons. The summed E-state index contributed by atoms with van der Waals surface area (Å²) in [4.78, 5) is 4.35. The van der Waals surface area contributed by atoms with Crippen molar-refractivity contribution in [2.45, 2.75) is 65.0 Å². The second kappa shape index (κ2) is 5.99. The SMILES string of the molecule is CC(C)CCCC(C)NC(N)=NC1CC1. The maximum absolute atomic E-state index is 5.79. The van der Waals surface area contributed by atoms with E-state index in [1.165, 1.54) is 32.1 Å². The molecule has 1 aliphatic rings. The summed E-state index contributed by atoms with van der Waals surface area (Å²) in [6, 6.07) is 0.964. The van der Waals surface area contributed by atoms with Crippen molar-refractivity contribution in [3.8, 4) is 0 Å². The van der Waals surface area contributed by atoms with Gasteiger partial charge in [0.25, 0.3) is 0 Å². The van der Waals surface area contributed by atoms with Gasteiger partial charge in [0.1, 0.15) is 0 Å². The van der Waals surface area contributed by atoms with Gasteiger partial charge in [-0.3, -0.25) is 4.99 Å². The Morgan fingerprint density at radius 2 is 2.00 bits per heavy atom. The van der Waals surface area contributed by atoms with Crippen LogP contribution in [0.4, 0.5) is 0 Å². The minimum atomic E-state index is 0.450. The fraction of sp³-hybridized carbons (Fsp3) is 0.917. The molecule has 0 aromatic heterocycles. The highest BCUT2D eigenvalue weighted by Crippen LogP contribution is 2.23. The van der Waals surface area contributed by atoms with Crippen molar-refractivity contribution in [2.75, 3.05) is 0 Å². The smallest absolute Gasteiger partial charge is 0.189 e. The summed E-state index contributed by atoms with van der Waals surface area (Å²) in [6.07, 6.45) is 6.17. The molecule has 0 bridgehead atoms. The molecule has 3 N–H and O–H groups in total. The van der Waals surface area contributed by atoms with Gasteiger partial charge in [-0.1, -0.05) is 26.7 Å². The number of rotatable bonds is 6. The van der Waals surface area contributed by atoms with Crippen LogP contribution in [0.25, 0.3) is 0 Å². The minimum Gasteiger partial charge on any atom is -0.370 e. The molecule has 0 spiro atoms. The van der Waals surface area contributed by atoms with Gasteiger partial charge in [0.05, 0.1) is 6.04 Å². The van der Waals surface area contributed by atoms with Crippen LogP contribution >= 0.6 is 0 Å². The lowest BCUT2D eigenvalue weighted by Crippen LogP contribution is -2.38. The average Bonchev–Trinajstić information content (AvgIpc) is 2.86. The number of nitrogens with one attached hydrogen (secondary N) is 1. The Morgan fingerprint density at radius 1 is 1.33 bits per heavy atom. The maximum Gasteiger partial charge on any atom is 0.189 e. The number of hydrogen-bond acceptors (Lipinski definition) is 1. The molecular weight excluding hydrogens is 186 g/mol. The first kappa shape index (κ1) is 12.3. The molecule has 15 heavy (non-hydrogen) atoms. The Morgan fingerprint density at radius 3 is 2.53 bits per heavy atom. The number of aliphatic imine (C=N–C) groups is 1. The second-order valence-electron chi connectivity index (χ2n) is 5.12. The molecule has 0 amide bonds. The largest absolute Gasteiger partial charge is 0.370 e. The number of hydrogen-bond donors (Lipinski definition) is 2. The lowest BCUT2D eigenvalue weighted by Gasteiger charge is -2.14. The Balaban J connectivity index is 2.08. The Labute approximate surface area is 93.5 Å². The summed E-state index contributed by atoms with van der Waals surface area (Å²) in [5.41, 5.74) is 5.79. The van der Waals surface area contributed by atoms with Gasteiger partial charge in [0, 0.05) is 6.04 Å². The van der Waals surface area contributed by atoms with Gasteiger partial charge in [0.2, 0.25) is 0 Å². The van der Waals surface area contributed by atoms with Crippen LogP contribution in [-0.2, 0) is 0 Å². The molecule has 3 heteroatoms. The Bertz CT molecular complexity index is 207. The average molecular weight is 211 g/mol. The highest BCUT2D eigenvalue weighted by molar-refractivity contribution is 5.78. The van der Waals surface area contributed by atoms with Crippen molar-refractivity contribution in [1.29, 1.82) is 0 Å². The molecule has 0 heterocycles. The van der Waals surface area contributed by atoms with Crippen molar-refractivity contribution in [2.24, 2.45) is 16.6 Å². The summed E-state index contributed by atoms with van der Waals surface area (Å²) < 4.78 is 0. The lowest BCUT2D eigenvalue weighted by molar-refractivity contribution is 0.493. The topological polar surface area (TPSA) is 50.4 Å². The third-order valence-corrected chi connectivity index (χ3v) is 2.68. The predicted octanol–water partition coefficient (Wildman–Crippen LogP) is 2.27. The van der Waals surface area contributed by atoms with Crippen LogP contribution in [0.15, 0.2) is 4.99 Å². The third-order valence-electron chi connectivity index (χ3n) is 2.68. The molecule has 88 valence electrons. The van der Waals surface area contributed by atoms with E-state index in [1.807, 2.05) is 0 Å². The molecule has 0 saturated heterocycles. The van der Waals surface area contributed by atoms with Gasteiger partial charge in [-0.25, -0.2) is 0 Å². The van der Waals surface area contributed by atoms with Gasteiger partial charge >= 0.3 is 0 Å². The van der Waals surface area contributed by atoms with Gasteiger partial charge in [-0.2, -0.15) is 0 Å². The summed E-state index contributed by atoms with van der Waals surface area (Å²) in [6.45, 7) is 6.71. The zero-order valence-electron chi connectivity index (χ0n) is 10.3. The van der Waals surface area contributed by atoms with E-state index in [9.17, 15) is 0 Å². The van der Waals surface area contributed by atoms with Crippen molar-refractivity contribution < 1.29 is 0 Å². The zero-order valence-corrected chi connectivity index (χ0v) is 10.3. The molecule has 3 nitrogen and oxygen atoms in total. The molecule has 0 aromatic carbocycles. The van der Waals surface area contributed by atoms with E-state index in [0.717, 1.165) is 5.92 Å². The standard InChI is InChI=1S/C12H25N3/c1-9(2)5-4-6-10(3)14-12(13)15-11-7-8-11/h9-11H,4-8H2,1-3H3,(H3,13,14,15). The summed E-state index contributed by atoms with van der Waals surface area (Å²) >= 11 is 0. The molecule has 1 atom stereocenters. The van der Waals surface area contributed by atoms with Crippen LogP contribution in [0.5, 0.6) is 0 Å². The van der Waals surface area contributed by atoms with Crippen LogP contribution in [-0.4, -0.2) is 18.0 Å². The summed E-state index contributed by atoms with van der Waals surface area (Å²) in [5.74, 6) is 1.43. The van der Waals surface area contributed by atoms with E-state index in [0.29, 0.717) is 18.0 Å². The van der Waals surface area contributed by atoms with Crippen LogP contribution < -0.4 is 11.1 Å². The van der Waals surface area contributed by atoms with E-state index in [2.05, 4.69) is 31.1 Å². The normalized spacial score (nSPS) is 19.3. The van der Waals surface area contributed by atoms with E-state index < -0.39 is 0 Å². The van der Waals surface area contributed by atoms with E-state index in [1.54, 1.807) is 0 Å². The molecule has 1 fully saturated rings. The third kappa shape index (κ3) is 6.37. The first-order chi connectivity index (χ1) is 7.08. The monoisotopic (exact) mass is 211 g/mol. The second-order valence-corrected chi connectivity index (χ2v) is 5.12. The van der Waals surface area contributed by atoms with E-state index >= 15 is 0 Å². The number of nitrogens with zero attached hydrogens (tertiary/aromatic N) is 1. The van der Waals surface area contributed by atoms with E-state index in [-0.39, 0.29) is 0 Å². The van der Waals surface area contributed by atoms with Crippen molar-refractivity contribution in [3.63, 3.8) is 0 Å². The minimum absolute atomic E-state index is 0.450. The van der Waals surface area contributed by atoms with Crippen molar-refractivity contribution >= 4 is 5.96 Å². The first-order valence-electron chi connectivity index (χ1n) is 6.17. The van der Waals surface area contributed by atoms with Crippen LogP contribution in [0.1, 0.15) is 52.9 Å². The first-order valence-corrected chi connectivity index (χ1v) is 6.17. The lowest BCUT2D eigenvalue weighted by atomic mass is 10.0. The zero-order chi connectivity index (χ0) is 11.3. The van der Waals surface area contributed by atoms with Crippen molar-refractivity contribution in [3.05, 3.63) is 0 Å². The van der Waals surface area contributed by atoms with Crippen molar-refractivity contribution in [1.82, 2.24) is 5.32 Å². The summed E-state index contributed by atoms with van der Waals surface area (Å²) in [7, 11) is 0. The Hall–Kier alpha value is -0.730. The number of guanidine groups is 1. The van der Waals surface area contributed by atoms with Gasteiger partial charge < -0.3 is 11.1 Å². The molecule has 1 aliphatic carbocycles. The molecular formula is C12H25N3.